The first-order valence-electron chi connectivity index (χ1n) is 10.3. The highest BCUT2D eigenvalue weighted by Gasteiger charge is 2.38. The van der Waals surface area contributed by atoms with Crippen molar-refractivity contribution in [3.8, 4) is 0 Å². The van der Waals surface area contributed by atoms with Gasteiger partial charge in [0.05, 0.1) is 0 Å². The van der Waals surface area contributed by atoms with Crippen LogP contribution in [0.15, 0.2) is 0 Å². The van der Waals surface area contributed by atoms with Crippen LogP contribution in [0, 0.1) is 0 Å². The largest absolute Gasteiger partial charge is 0.500 e. The third-order valence-corrected chi connectivity index (χ3v) is 10.5. The summed E-state index contributed by atoms with van der Waals surface area (Å²) >= 11 is 0. The van der Waals surface area contributed by atoms with E-state index in [1.165, 1.54) is 0 Å². The minimum absolute atomic E-state index is 0.301. The van der Waals surface area contributed by atoms with E-state index in [2.05, 4.69) is 0 Å². The lowest BCUT2D eigenvalue weighted by Crippen LogP contribution is -2.43. The standard InChI is InChI=1S/C19H43NO8Si2/c1-19(2,3)28-18(21)20(14-10-12-16-29(22-4,23-5)24-6)15-11-13-17-30(25-7,26-8)27-9/h10-17H2,1-9H3. The van der Waals surface area contributed by atoms with E-state index in [1.54, 1.807) is 47.6 Å². The lowest BCUT2D eigenvalue weighted by Gasteiger charge is -2.29. The maximum Gasteiger partial charge on any atom is 0.500 e. The van der Waals surface area contributed by atoms with Gasteiger partial charge in [-0.15, -0.1) is 0 Å². The number of amides is 1. The summed E-state index contributed by atoms with van der Waals surface area (Å²) < 4.78 is 38.3. The Balaban J connectivity index is 4.75. The summed E-state index contributed by atoms with van der Waals surface area (Å²) in [7, 11) is 4.46. The third kappa shape index (κ3) is 10.7. The van der Waals surface area contributed by atoms with Crippen molar-refractivity contribution in [3.63, 3.8) is 0 Å². The van der Waals surface area contributed by atoms with Crippen LogP contribution in [0.1, 0.15) is 46.5 Å². The molecule has 0 aliphatic heterocycles. The van der Waals surface area contributed by atoms with E-state index in [0.29, 0.717) is 25.2 Å². The molecule has 30 heavy (non-hydrogen) atoms. The highest BCUT2D eigenvalue weighted by Crippen LogP contribution is 2.19. The maximum atomic E-state index is 12.7. The molecule has 9 nitrogen and oxygen atoms in total. The minimum Gasteiger partial charge on any atom is -0.444 e. The van der Waals surface area contributed by atoms with Crippen LogP contribution in [-0.2, 0) is 31.3 Å². The maximum absolute atomic E-state index is 12.7. The summed E-state index contributed by atoms with van der Waals surface area (Å²) in [6.45, 7) is 6.80. The third-order valence-electron chi connectivity index (χ3n) is 4.84. The van der Waals surface area contributed by atoms with Gasteiger partial charge in [0.2, 0.25) is 0 Å². The Morgan fingerprint density at radius 2 is 1.00 bits per heavy atom. The van der Waals surface area contributed by atoms with E-state index in [4.69, 9.17) is 31.3 Å². The molecule has 0 aromatic heterocycles. The fraction of sp³-hybridized carbons (Fsp3) is 0.947. The van der Waals surface area contributed by atoms with Gasteiger partial charge in [-0.1, -0.05) is 0 Å². The second kappa shape index (κ2) is 14.5. The number of unbranched alkanes of at least 4 members (excludes halogenated alkanes) is 2. The van der Waals surface area contributed by atoms with Crippen molar-refractivity contribution in [1.29, 1.82) is 0 Å². The summed E-state index contributed by atoms with van der Waals surface area (Å²) in [4.78, 5) is 14.4. The van der Waals surface area contributed by atoms with Gasteiger partial charge in [0.25, 0.3) is 0 Å². The zero-order valence-electron chi connectivity index (χ0n) is 20.4. The van der Waals surface area contributed by atoms with E-state index < -0.39 is 23.2 Å². The Bertz CT molecular complexity index is 423. The zero-order valence-corrected chi connectivity index (χ0v) is 22.4. The molecule has 0 rings (SSSR count). The van der Waals surface area contributed by atoms with E-state index >= 15 is 0 Å². The van der Waals surface area contributed by atoms with Crippen molar-refractivity contribution in [3.05, 3.63) is 0 Å². The molecule has 180 valence electrons. The topological polar surface area (TPSA) is 84.9 Å². The van der Waals surface area contributed by atoms with Gasteiger partial charge in [0.15, 0.2) is 0 Å². The monoisotopic (exact) mass is 469 g/mol. The summed E-state index contributed by atoms with van der Waals surface area (Å²) in [5, 5.41) is 0. The van der Waals surface area contributed by atoms with Crippen molar-refractivity contribution in [2.24, 2.45) is 0 Å². The van der Waals surface area contributed by atoms with Crippen LogP contribution in [0.3, 0.4) is 0 Å². The summed E-state index contributed by atoms with van der Waals surface area (Å²) in [5.41, 5.74) is -0.538. The van der Waals surface area contributed by atoms with Gasteiger partial charge in [0.1, 0.15) is 5.60 Å². The predicted octanol–water partition coefficient (Wildman–Crippen LogP) is 3.54. The lowest BCUT2D eigenvalue weighted by molar-refractivity contribution is 0.0244. The molecule has 1 amide bonds. The van der Waals surface area contributed by atoms with Crippen LogP contribution >= 0.6 is 0 Å². The fourth-order valence-corrected chi connectivity index (χ4v) is 6.61. The summed E-state index contributed by atoms with van der Waals surface area (Å²) in [6.07, 6.45) is 2.96. The first-order valence-corrected chi connectivity index (χ1v) is 14.2. The molecule has 0 spiro atoms. The number of ether oxygens (including phenoxy) is 1. The Labute approximate surface area is 185 Å². The van der Waals surface area contributed by atoms with Crippen LogP contribution in [-0.4, -0.2) is 90.0 Å². The van der Waals surface area contributed by atoms with Crippen molar-refractivity contribution in [2.75, 3.05) is 55.7 Å². The first kappa shape index (κ1) is 29.5. The van der Waals surface area contributed by atoms with Gasteiger partial charge >= 0.3 is 23.7 Å². The van der Waals surface area contributed by atoms with Gasteiger partial charge in [0, 0.05) is 67.8 Å². The quantitative estimate of drug-likeness (QED) is 0.251. The molecule has 0 bridgehead atoms. The lowest BCUT2D eigenvalue weighted by atomic mass is 10.2. The molecule has 0 N–H and O–H groups in total. The molecule has 0 atom stereocenters. The van der Waals surface area contributed by atoms with Gasteiger partial charge < -0.3 is 36.2 Å². The van der Waals surface area contributed by atoms with Gasteiger partial charge in [-0.25, -0.2) is 4.79 Å². The van der Waals surface area contributed by atoms with Crippen molar-refractivity contribution in [2.45, 2.75) is 64.1 Å². The average molecular weight is 470 g/mol. The van der Waals surface area contributed by atoms with Crippen LogP contribution in [0.4, 0.5) is 4.79 Å². The molecular formula is C19H43NO8Si2. The number of carbonyl (C=O) groups is 1. The van der Waals surface area contributed by atoms with E-state index in [-0.39, 0.29) is 6.09 Å². The molecule has 0 aliphatic carbocycles. The molecule has 0 fully saturated rings. The van der Waals surface area contributed by atoms with Crippen molar-refractivity contribution < 1.29 is 36.1 Å². The van der Waals surface area contributed by atoms with E-state index in [0.717, 1.165) is 25.7 Å². The number of carbonyl (C=O) groups excluding carboxylic acids is 1. The molecule has 0 heterocycles. The Morgan fingerprint density at radius 1 is 0.667 bits per heavy atom. The van der Waals surface area contributed by atoms with E-state index in [1.807, 2.05) is 20.8 Å². The van der Waals surface area contributed by atoms with Crippen LogP contribution in [0.25, 0.3) is 0 Å². The molecular weight excluding hydrogens is 426 g/mol. The molecule has 0 unspecified atom stereocenters. The second-order valence-corrected chi connectivity index (χ2v) is 14.2. The number of rotatable bonds is 16. The van der Waals surface area contributed by atoms with Crippen LogP contribution < -0.4 is 0 Å². The Morgan fingerprint density at radius 3 is 1.27 bits per heavy atom. The SMILES string of the molecule is CO[Si](CCCCN(CCCC[Si](OC)(OC)OC)C(=O)OC(C)(C)C)(OC)OC. The highest BCUT2D eigenvalue weighted by molar-refractivity contribution is 6.60. The number of hydrogen-bond donors (Lipinski definition) is 0. The number of hydrogen-bond acceptors (Lipinski definition) is 8. The molecule has 0 saturated heterocycles. The molecule has 0 saturated carbocycles. The zero-order chi connectivity index (χ0) is 23.3. The first-order chi connectivity index (χ1) is 14.1. The molecule has 0 radical (unpaired) electrons. The predicted molar refractivity (Wildman–Crippen MR) is 119 cm³/mol. The Hall–Kier alpha value is -0.536. The molecule has 0 aromatic carbocycles. The fourth-order valence-electron chi connectivity index (χ4n) is 3.02. The average Bonchev–Trinajstić information content (AvgIpc) is 2.72. The second-order valence-electron chi connectivity index (χ2n) is 7.97. The summed E-state index contributed by atoms with van der Waals surface area (Å²) in [6, 6.07) is 1.39. The normalized spacial score (nSPS) is 12.8. The minimum atomic E-state index is -2.59. The smallest absolute Gasteiger partial charge is 0.444 e. The molecule has 0 aromatic rings. The molecule has 11 heteroatoms. The highest BCUT2D eigenvalue weighted by atomic mass is 28.4. The molecule has 0 aliphatic rings. The van der Waals surface area contributed by atoms with Gasteiger partial charge in [-0.2, -0.15) is 0 Å². The van der Waals surface area contributed by atoms with Crippen LogP contribution in [0.2, 0.25) is 12.1 Å². The van der Waals surface area contributed by atoms with Gasteiger partial charge in [-0.3, -0.25) is 0 Å². The summed E-state index contributed by atoms with van der Waals surface area (Å²) in [5.74, 6) is 0. The van der Waals surface area contributed by atoms with Crippen molar-refractivity contribution >= 4 is 23.7 Å². The van der Waals surface area contributed by atoms with E-state index in [9.17, 15) is 4.79 Å². The Kier molecular flexibility index (Phi) is 14.3. The van der Waals surface area contributed by atoms with Crippen molar-refractivity contribution in [1.82, 2.24) is 4.90 Å². The van der Waals surface area contributed by atoms with Crippen LogP contribution in [0.5, 0.6) is 0 Å². The number of nitrogens with zero attached hydrogens (tertiary/aromatic N) is 1. The van der Waals surface area contributed by atoms with Gasteiger partial charge in [-0.05, 0) is 46.5 Å².